The topological polar surface area (TPSA) is 80.4 Å². The lowest BCUT2D eigenvalue weighted by atomic mass is 10.0. The highest BCUT2D eigenvalue weighted by atomic mass is 16.4. The number of Topliss-reactive ketones (excluding diaryl/α,β-unsaturated/α-hetero) is 1. The second kappa shape index (κ2) is 4.00. The number of carboxylic acids is 1. The smallest absolute Gasteiger partial charge is 0.314 e. The third-order valence-corrected chi connectivity index (χ3v) is 1.24. The van der Waals surface area contributed by atoms with Gasteiger partial charge in [0.25, 0.3) is 0 Å². The highest BCUT2D eigenvalue weighted by molar-refractivity contribution is 5.96. The van der Waals surface area contributed by atoms with Crippen LogP contribution in [0.5, 0.6) is 0 Å². The maximum atomic E-state index is 10.5. The van der Waals surface area contributed by atoms with Crippen LogP contribution in [0.2, 0.25) is 0 Å². The average Bonchev–Trinajstić information content (AvgIpc) is 1.81. The normalized spacial score (nSPS) is 12.6. The zero-order valence-electron chi connectivity index (χ0n) is 5.83. The molecule has 0 aliphatic heterocycles. The summed E-state index contributed by atoms with van der Waals surface area (Å²) < 4.78 is 0. The molecule has 0 aromatic rings. The summed E-state index contributed by atoms with van der Waals surface area (Å²) in [6, 6.07) is 0. The van der Waals surface area contributed by atoms with E-state index in [1.165, 1.54) is 6.92 Å². The average molecular weight is 145 g/mol. The molecule has 4 nitrogen and oxygen atoms in total. The lowest BCUT2D eigenvalue weighted by Crippen LogP contribution is -2.24. The Balaban J connectivity index is 3.98. The number of carbonyl (C=O) groups excluding carboxylic acids is 1. The molecule has 0 radical (unpaired) electrons. The van der Waals surface area contributed by atoms with Gasteiger partial charge in [0.15, 0.2) is 0 Å². The number of hydrogen-bond donors (Lipinski definition) is 2. The summed E-state index contributed by atoms with van der Waals surface area (Å²) in [5.41, 5.74) is 5.09. The number of aliphatic carboxylic acids is 1. The highest BCUT2D eigenvalue weighted by Crippen LogP contribution is 2.02. The minimum absolute atomic E-state index is 0.227. The van der Waals surface area contributed by atoms with Crippen molar-refractivity contribution in [3.8, 4) is 0 Å². The van der Waals surface area contributed by atoms with E-state index < -0.39 is 11.9 Å². The fourth-order valence-corrected chi connectivity index (χ4v) is 0.667. The molecular weight excluding hydrogens is 134 g/mol. The third kappa shape index (κ3) is 2.59. The lowest BCUT2D eigenvalue weighted by molar-refractivity contribution is -0.145. The molecule has 0 fully saturated rings. The fraction of sp³-hybridized carbons (Fsp3) is 0.667. The molecule has 0 saturated heterocycles. The van der Waals surface area contributed by atoms with E-state index >= 15 is 0 Å². The van der Waals surface area contributed by atoms with Gasteiger partial charge in [-0.1, -0.05) is 0 Å². The van der Waals surface area contributed by atoms with E-state index in [0.717, 1.165) is 0 Å². The molecule has 1 atom stereocenters. The Kier molecular flexibility index (Phi) is 3.64. The minimum atomic E-state index is -1.09. The van der Waals surface area contributed by atoms with Gasteiger partial charge >= 0.3 is 5.97 Å². The summed E-state index contributed by atoms with van der Waals surface area (Å²) in [6.07, 6.45) is 0.227. The fourth-order valence-electron chi connectivity index (χ4n) is 0.667. The molecule has 0 aromatic heterocycles. The number of carboxylic acid groups (broad SMARTS) is 1. The predicted molar refractivity (Wildman–Crippen MR) is 35.5 cm³/mol. The van der Waals surface area contributed by atoms with Gasteiger partial charge in [-0.15, -0.1) is 0 Å². The van der Waals surface area contributed by atoms with Gasteiger partial charge in [0.05, 0.1) is 0 Å². The molecule has 0 rings (SSSR count). The zero-order valence-corrected chi connectivity index (χ0v) is 5.83. The molecule has 0 aliphatic carbocycles. The van der Waals surface area contributed by atoms with Crippen LogP contribution in [0.4, 0.5) is 0 Å². The summed E-state index contributed by atoms with van der Waals surface area (Å²) >= 11 is 0. The molecule has 0 heterocycles. The standard InChI is InChI=1S/C6H11NO3/c1-4(8)5(2-3-7)6(9)10/h5H,2-3,7H2,1H3,(H,9,10)/t5-/m1/s1. The first-order valence-electron chi connectivity index (χ1n) is 3.03. The summed E-state index contributed by atoms with van der Waals surface area (Å²) in [6.45, 7) is 1.49. The Morgan fingerprint density at radius 1 is 1.60 bits per heavy atom. The van der Waals surface area contributed by atoms with E-state index in [0.29, 0.717) is 0 Å². The van der Waals surface area contributed by atoms with Gasteiger partial charge in [-0.2, -0.15) is 0 Å². The van der Waals surface area contributed by atoms with Gasteiger partial charge in [0.2, 0.25) is 0 Å². The number of carbonyl (C=O) groups is 2. The molecule has 0 spiro atoms. The quantitative estimate of drug-likeness (QED) is 0.528. The van der Waals surface area contributed by atoms with Gasteiger partial charge in [-0.3, -0.25) is 9.59 Å². The first kappa shape index (κ1) is 9.10. The van der Waals surface area contributed by atoms with Crippen molar-refractivity contribution >= 4 is 11.8 Å². The van der Waals surface area contributed by atoms with Gasteiger partial charge in [-0.05, 0) is 19.9 Å². The Hall–Kier alpha value is -0.900. The van der Waals surface area contributed by atoms with E-state index in [1.54, 1.807) is 0 Å². The van der Waals surface area contributed by atoms with Crippen molar-refractivity contribution in [3.05, 3.63) is 0 Å². The van der Waals surface area contributed by atoms with E-state index in [-0.39, 0.29) is 18.7 Å². The summed E-state index contributed by atoms with van der Waals surface area (Å²) in [4.78, 5) is 20.8. The van der Waals surface area contributed by atoms with E-state index in [2.05, 4.69) is 0 Å². The van der Waals surface area contributed by atoms with Crippen molar-refractivity contribution in [3.63, 3.8) is 0 Å². The molecule has 58 valence electrons. The van der Waals surface area contributed by atoms with Gasteiger partial charge < -0.3 is 10.8 Å². The van der Waals surface area contributed by atoms with Crippen molar-refractivity contribution in [1.82, 2.24) is 0 Å². The van der Waals surface area contributed by atoms with Crippen molar-refractivity contribution in [2.24, 2.45) is 11.7 Å². The van der Waals surface area contributed by atoms with Gasteiger partial charge in [0, 0.05) is 0 Å². The molecule has 0 bridgehead atoms. The zero-order chi connectivity index (χ0) is 8.15. The van der Waals surface area contributed by atoms with E-state index in [4.69, 9.17) is 10.8 Å². The Bertz CT molecular complexity index is 130. The second-order valence-corrected chi connectivity index (χ2v) is 2.08. The molecule has 3 N–H and O–H groups in total. The highest BCUT2D eigenvalue weighted by Gasteiger charge is 2.20. The van der Waals surface area contributed by atoms with Crippen LogP contribution in [0.3, 0.4) is 0 Å². The maximum Gasteiger partial charge on any atom is 0.314 e. The maximum absolute atomic E-state index is 10.5. The van der Waals surface area contributed by atoms with Crippen LogP contribution in [0.15, 0.2) is 0 Å². The van der Waals surface area contributed by atoms with Crippen molar-refractivity contribution < 1.29 is 14.7 Å². The number of nitrogens with two attached hydrogens (primary N) is 1. The van der Waals surface area contributed by atoms with Crippen LogP contribution in [0, 0.1) is 5.92 Å². The van der Waals surface area contributed by atoms with Crippen LogP contribution >= 0.6 is 0 Å². The molecule has 0 unspecified atom stereocenters. The summed E-state index contributed by atoms with van der Waals surface area (Å²) in [5, 5.41) is 8.40. The van der Waals surface area contributed by atoms with E-state index in [1.807, 2.05) is 0 Å². The van der Waals surface area contributed by atoms with Crippen LogP contribution in [0.25, 0.3) is 0 Å². The van der Waals surface area contributed by atoms with Crippen LogP contribution in [-0.4, -0.2) is 23.4 Å². The molecule has 0 aromatic carbocycles. The number of rotatable bonds is 4. The van der Waals surface area contributed by atoms with Crippen molar-refractivity contribution in [2.75, 3.05) is 6.54 Å². The predicted octanol–water partition coefficient (Wildman–Crippen LogP) is -0.375. The molecule has 0 aliphatic rings. The van der Waals surface area contributed by atoms with Crippen LogP contribution < -0.4 is 5.73 Å². The molecule has 10 heavy (non-hydrogen) atoms. The number of hydrogen-bond acceptors (Lipinski definition) is 3. The first-order chi connectivity index (χ1) is 4.59. The SMILES string of the molecule is CC(=O)[C@@H](CCN)C(=O)O. The summed E-state index contributed by atoms with van der Waals surface area (Å²) in [7, 11) is 0. The molecule has 0 saturated carbocycles. The van der Waals surface area contributed by atoms with Crippen molar-refractivity contribution in [2.45, 2.75) is 13.3 Å². The largest absolute Gasteiger partial charge is 0.481 e. The Morgan fingerprint density at radius 3 is 2.20 bits per heavy atom. The summed E-state index contributed by atoms with van der Waals surface area (Å²) in [5.74, 6) is -2.33. The number of ketones is 1. The van der Waals surface area contributed by atoms with Gasteiger partial charge in [-0.25, -0.2) is 0 Å². The van der Waals surface area contributed by atoms with Gasteiger partial charge in [0.1, 0.15) is 11.7 Å². The Morgan fingerprint density at radius 2 is 2.10 bits per heavy atom. The van der Waals surface area contributed by atoms with Crippen molar-refractivity contribution in [1.29, 1.82) is 0 Å². The third-order valence-electron chi connectivity index (χ3n) is 1.24. The molecule has 4 heteroatoms. The van der Waals surface area contributed by atoms with Crippen LogP contribution in [0.1, 0.15) is 13.3 Å². The second-order valence-electron chi connectivity index (χ2n) is 2.08. The van der Waals surface area contributed by atoms with Crippen LogP contribution in [-0.2, 0) is 9.59 Å². The lowest BCUT2D eigenvalue weighted by Gasteiger charge is -2.04. The first-order valence-corrected chi connectivity index (χ1v) is 3.03. The minimum Gasteiger partial charge on any atom is -0.481 e. The Labute approximate surface area is 59.0 Å². The van der Waals surface area contributed by atoms with E-state index in [9.17, 15) is 9.59 Å². The molecule has 0 amide bonds. The molecular formula is C6H11NO3. The monoisotopic (exact) mass is 145 g/mol.